The maximum atomic E-state index is 12.4. The van der Waals surface area contributed by atoms with Crippen molar-refractivity contribution in [1.29, 1.82) is 0 Å². The SMILES string of the molecule is COc1cccc(SCC(=O)N2CCC3(CC2)OCCCC3O)c1. The minimum atomic E-state index is -0.422. The fourth-order valence-corrected chi connectivity index (χ4v) is 4.30. The van der Waals surface area contributed by atoms with Crippen LogP contribution in [0.4, 0.5) is 0 Å². The zero-order chi connectivity index (χ0) is 17.0. The number of carbonyl (C=O) groups is 1. The molecule has 24 heavy (non-hydrogen) atoms. The summed E-state index contributed by atoms with van der Waals surface area (Å²) in [5.41, 5.74) is -0.422. The molecule has 132 valence electrons. The highest BCUT2D eigenvalue weighted by Gasteiger charge is 2.44. The van der Waals surface area contributed by atoms with Crippen molar-refractivity contribution in [2.75, 3.05) is 32.6 Å². The molecule has 3 rings (SSSR count). The maximum Gasteiger partial charge on any atom is 0.232 e. The van der Waals surface area contributed by atoms with Crippen LogP contribution in [0.3, 0.4) is 0 Å². The predicted molar refractivity (Wildman–Crippen MR) is 93.5 cm³/mol. The first-order chi connectivity index (χ1) is 11.6. The van der Waals surface area contributed by atoms with Gasteiger partial charge in [-0.05, 0) is 43.9 Å². The third kappa shape index (κ3) is 3.87. The van der Waals surface area contributed by atoms with Crippen LogP contribution in [0, 0.1) is 0 Å². The molecule has 1 aromatic carbocycles. The lowest BCUT2D eigenvalue weighted by Gasteiger charge is -2.46. The lowest BCUT2D eigenvalue weighted by molar-refractivity contribution is -0.179. The van der Waals surface area contributed by atoms with Crippen LogP contribution in [0.25, 0.3) is 0 Å². The molecule has 1 N–H and O–H groups in total. The number of nitrogens with zero attached hydrogens (tertiary/aromatic N) is 1. The molecule has 0 aromatic heterocycles. The van der Waals surface area contributed by atoms with E-state index < -0.39 is 11.7 Å². The van der Waals surface area contributed by atoms with Crippen LogP contribution in [0.2, 0.25) is 0 Å². The van der Waals surface area contributed by atoms with Crippen LogP contribution in [0.5, 0.6) is 5.75 Å². The van der Waals surface area contributed by atoms with Crippen molar-refractivity contribution in [2.45, 2.75) is 42.3 Å². The van der Waals surface area contributed by atoms with Crippen molar-refractivity contribution < 1.29 is 19.4 Å². The molecule has 2 aliphatic rings. The van der Waals surface area contributed by atoms with Crippen LogP contribution in [-0.4, -0.2) is 60.2 Å². The normalized spacial score (nSPS) is 23.2. The van der Waals surface area contributed by atoms with Gasteiger partial charge in [0.25, 0.3) is 0 Å². The Morgan fingerprint density at radius 1 is 1.46 bits per heavy atom. The Morgan fingerprint density at radius 2 is 2.25 bits per heavy atom. The first kappa shape index (κ1) is 17.6. The van der Waals surface area contributed by atoms with Gasteiger partial charge in [-0.2, -0.15) is 0 Å². The molecule has 1 aromatic rings. The second-order valence-corrected chi connectivity index (χ2v) is 7.47. The van der Waals surface area contributed by atoms with Gasteiger partial charge in [-0.1, -0.05) is 6.07 Å². The maximum absolute atomic E-state index is 12.4. The topological polar surface area (TPSA) is 59.0 Å². The number of amides is 1. The molecule has 0 radical (unpaired) electrons. The fourth-order valence-electron chi connectivity index (χ4n) is 3.45. The lowest BCUT2D eigenvalue weighted by Crippen LogP contribution is -2.56. The van der Waals surface area contributed by atoms with E-state index in [0.29, 0.717) is 18.8 Å². The number of methoxy groups -OCH3 is 1. The number of benzene rings is 1. The second-order valence-electron chi connectivity index (χ2n) is 6.42. The summed E-state index contributed by atoms with van der Waals surface area (Å²) in [5.74, 6) is 1.36. The number of piperidine rings is 1. The molecule has 1 spiro atoms. The Bertz CT molecular complexity index is 572. The average molecular weight is 351 g/mol. The summed E-state index contributed by atoms with van der Waals surface area (Å²) in [4.78, 5) is 15.4. The van der Waals surface area contributed by atoms with Gasteiger partial charge in [0.05, 0.1) is 24.6 Å². The number of hydrogen-bond acceptors (Lipinski definition) is 5. The molecule has 1 amide bonds. The summed E-state index contributed by atoms with van der Waals surface area (Å²) < 4.78 is 11.1. The average Bonchev–Trinajstić information content (AvgIpc) is 2.63. The monoisotopic (exact) mass is 351 g/mol. The highest BCUT2D eigenvalue weighted by Crippen LogP contribution is 2.35. The summed E-state index contributed by atoms with van der Waals surface area (Å²) >= 11 is 1.53. The highest BCUT2D eigenvalue weighted by atomic mass is 32.2. The van der Waals surface area contributed by atoms with E-state index in [1.165, 1.54) is 11.8 Å². The number of hydrogen-bond donors (Lipinski definition) is 1. The molecule has 5 nitrogen and oxygen atoms in total. The van der Waals surface area contributed by atoms with E-state index in [0.717, 1.165) is 42.9 Å². The minimum Gasteiger partial charge on any atom is -0.497 e. The fraction of sp³-hybridized carbons (Fsp3) is 0.611. The summed E-state index contributed by atoms with van der Waals surface area (Å²) in [6.45, 7) is 2.04. The van der Waals surface area contributed by atoms with Gasteiger partial charge in [0, 0.05) is 24.6 Å². The van der Waals surface area contributed by atoms with E-state index in [1.54, 1.807) is 7.11 Å². The Balaban J connectivity index is 1.50. The molecule has 2 fully saturated rings. The van der Waals surface area contributed by atoms with Gasteiger partial charge in [0.1, 0.15) is 5.75 Å². The van der Waals surface area contributed by atoms with Crippen LogP contribution in [0.15, 0.2) is 29.2 Å². The molecular weight excluding hydrogens is 326 g/mol. The standard InChI is InChI=1S/C18H25NO4S/c1-22-14-4-2-5-15(12-14)24-13-17(21)19-9-7-18(8-10-19)16(20)6-3-11-23-18/h2,4-5,12,16,20H,3,6-11,13H2,1H3. The van der Waals surface area contributed by atoms with Gasteiger partial charge in [0.15, 0.2) is 0 Å². The van der Waals surface area contributed by atoms with Crippen LogP contribution in [-0.2, 0) is 9.53 Å². The molecule has 2 heterocycles. The van der Waals surface area contributed by atoms with Gasteiger partial charge in [-0.25, -0.2) is 0 Å². The van der Waals surface area contributed by atoms with Gasteiger partial charge >= 0.3 is 0 Å². The van der Waals surface area contributed by atoms with E-state index in [-0.39, 0.29) is 5.91 Å². The molecule has 0 bridgehead atoms. The molecular formula is C18H25NO4S. The molecule has 0 saturated carbocycles. The first-order valence-corrected chi connectivity index (χ1v) is 9.48. The van der Waals surface area contributed by atoms with E-state index >= 15 is 0 Å². The van der Waals surface area contributed by atoms with Gasteiger partial charge in [0.2, 0.25) is 5.91 Å². The summed E-state index contributed by atoms with van der Waals surface area (Å²) in [5, 5.41) is 10.3. The van der Waals surface area contributed by atoms with Crippen LogP contribution in [0.1, 0.15) is 25.7 Å². The summed E-state index contributed by atoms with van der Waals surface area (Å²) in [7, 11) is 1.64. The number of aliphatic hydroxyl groups excluding tert-OH is 1. The number of likely N-dealkylation sites (tertiary alicyclic amines) is 1. The predicted octanol–water partition coefficient (Wildman–Crippen LogP) is 2.32. The molecule has 1 atom stereocenters. The number of thioether (sulfide) groups is 1. The number of rotatable bonds is 4. The van der Waals surface area contributed by atoms with Crippen molar-refractivity contribution in [1.82, 2.24) is 4.90 Å². The second kappa shape index (κ2) is 7.76. The molecule has 0 aliphatic carbocycles. The largest absolute Gasteiger partial charge is 0.497 e. The number of ether oxygens (including phenoxy) is 2. The Labute approximate surface area is 147 Å². The number of aliphatic hydroxyl groups is 1. The Kier molecular flexibility index (Phi) is 5.69. The van der Waals surface area contributed by atoms with E-state index in [1.807, 2.05) is 29.2 Å². The van der Waals surface area contributed by atoms with Crippen molar-refractivity contribution in [2.24, 2.45) is 0 Å². The van der Waals surface area contributed by atoms with Gasteiger partial charge in [-0.3, -0.25) is 4.79 Å². The molecule has 1 unspecified atom stereocenters. The van der Waals surface area contributed by atoms with E-state index in [9.17, 15) is 9.90 Å². The quantitative estimate of drug-likeness (QED) is 0.844. The molecule has 2 aliphatic heterocycles. The minimum absolute atomic E-state index is 0.142. The van der Waals surface area contributed by atoms with Gasteiger partial charge in [-0.15, -0.1) is 11.8 Å². The van der Waals surface area contributed by atoms with E-state index in [2.05, 4.69) is 0 Å². The Morgan fingerprint density at radius 3 is 2.96 bits per heavy atom. The summed E-state index contributed by atoms with van der Waals surface area (Å²) in [6, 6.07) is 7.75. The molecule has 6 heteroatoms. The summed E-state index contributed by atoms with van der Waals surface area (Å²) in [6.07, 6.45) is 2.78. The third-order valence-corrected chi connectivity index (χ3v) is 5.96. The Hall–Kier alpha value is -1.24. The van der Waals surface area contributed by atoms with Crippen molar-refractivity contribution >= 4 is 17.7 Å². The van der Waals surface area contributed by atoms with Crippen molar-refractivity contribution in [3.05, 3.63) is 24.3 Å². The third-order valence-electron chi connectivity index (χ3n) is 4.98. The zero-order valence-electron chi connectivity index (χ0n) is 14.1. The smallest absolute Gasteiger partial charge is 0.232 e. The zero-order valence-corrected chi connectivity index (χ0v) is 14.9. The van der Waals surface area contributed by atoms with Gasteiger partial charge < -0.3 is 19.5 Å². The lowest BCUT2D eigenvalue weighted by atomic mass is 9.82. The highest BCUT2D eigenvalue weighted by molar-refractivity contribution is 8.00. The van der Waals surface area contributed by atoms with Crippen molar-refractivity contribution in [3.8, 4) is 5.75 Å². The van der Waals surface area contributed by atoms with Crippen LogP contribution >= 0.6 is 11.8 Å². The first-order valence-electron chi connectivity index (χ1n) is 8.50. The van der Waals surface area contributed by atoms with Crippen LogP contribution < -0.4 is 4.74 Å². The van der Waals surface area contributed by atoms with Crippen molar-refractivity contribution in [3.63, 3.8) is 0 Å². The molecule has 2 saturated heterocycles. The van der Waals surface area contributed by atoms with E-state index in [4.69, 9.17) is 9.47 Å². The number of carbonyl (C=O) groups excluding carboxylic acids is 1.